The van der Waals surface area contributed by atoms with Crippen LogP contribution in [0.4, 0.5) is 0 Å². The molecule has 7 nitrogen and oxygen atoms in total. The second kappa shape index (κ2) is 7.29. The van der Waals surface area contributed by atoms with Crippen LogP contribution in [0.25, 0.3) is 11.0 Å². The van der Waals surface area contributed by atoms with Crippen LogP contribution in [0.1, 0.15) is 33.5 Å². The Labute approximate surface area is 150 Å². The molecule has 2 heterocycles. The van der Waals surface area contributed by atoms with Crippen molar-refractivity contribution in [2.75, 3.05) is 26.3 Å². The molecule has 1 aromatic carbocycles. The maximum absolute atomic E-state index is 12.4. The van der Waals surface area contributed by atoms with Crippen LogP contribution >= 0.6 is 0 Å². The second-order valence-corrected chi connectivity index (χ2v) is 6.44. The highest BCUT2D eigenvalue weighted by Crippen LogP contribution is 2.31. The van der Waals surface area contributed by atoms with E-state index in [-0.39, 0.29) is 35.6 Å². The van der Waals surface area contributed by atoms with Gasteiger partial charge in [0.25, 0.3) is 0 Å². The predicted molar refractivity (Wildman–Crippen MR) is 94.7 cm³/mol. The summed E-state index contributed by atoms with van der Waals surface area (Å²) >= 11 is 0. The number of benzene rings is 1. The lowest BCUT2D eigenvalue weighted by Crippen LogP contribution is -2.40. The zero-order valence-corrected chi connectivity index (χ0v) is 14.8. The summed E-state index contributed by atoms with van der Waals surface area (Å²) in [5.74, 6) is -0.215. The number of aromatic hydroxyl groups is 1. The van der Waals surface area contributed by atoms with Gasteiger partial charge in [0.15, 0.2) is 11.9 Å². The highest BCUT2D eigenvalue weighted by molar-refractivity contribution is 5.99. The highest BCUT2D eigenvalue weighted by atomic mass is 16.5. The number of ether oxygens (including phenoxy) is 1. The van der Waals surface area contributed by atoms with Crippen LogP contribution in [0, 0.1) is 13.8 Å². The molecule has 0 spiro atoms. The number of amides is 1. The molecule has 0 bridgehead atoms. The Kier molecular flexibility index (Phi) is 5.08. The molecule has 7 heteroatoms. The molecule has 1 N–H and O–H groups in total. The number of phenolic OH excluding ortho intramolecular Hbond substituents is 1. The minimum atomic E-state index is -0.587. The second-order valence-electron chi connectivity index (χ2n) is 6.44. The number of rotatable bonds is 4. The van der Waals surface area contributed by atoms with Gasteiger partial charge in [0.2, 0.25) is 5.91 Å². The van der Waals surface area contributed by atoms with Crippen LogP contribution in [0.5, 0.6) is 5.75 Å². The van der Waals surface area contributed by atoms with Gasteiger partial charge in [0.1, 0.15) is 5.75 Å². The van der Waals surface area contributed by atoms with Crippen LogP contribution in [-0.2, 0) is 16.0 Å². The van der Waals surface area contributed by atoms with Crippen LogP contribution in [0.3, 0.4) is 0 Å². The quantitative estimate of drug-likeness (QED) is 0.659. The average molecular weight is 359 g/mol. The van der Waals surface area contributed by atoms with Gasteiger partial charge in [-0.3, -0.25) is 9.59 Å². The van der Waals surface area contributed by atoms with E-state index in [9.17, 15) is 19.5 Å². The fourth-order valence-corrected chi connectivity index (χ4v) is 3.28. The summed E-state index contributed by atoms with van der Waals surface area (Å²) in [5.41, 5.74) is 1.06. The number of aryl methyl sites for hydroxylation is 2. The molecule has 1 fully saturated rings. The molecule has 2 aromatic rings. The molecular formula is C19H21NO6. The van der Waals surface area contributed by atoms with Gasteiger partial charge < -0.3 is 19.2 Å². The molecule has 0 radical (unpaired) electrons. The summed E-state index contributed by atoms with van der Waals surface area (Å²) < 4.78 is 10.6. The van der Waals surface area contributed by atoms with Crippen molar-refractivity contribution in [1.29, 1.82) is 0 Å². The number of morpholine rings is 1. The summed E-state index contributed by atoms with van der Waals surface area (Å²) in [5, 5.41) is 10.6. The Bertz CT molecular complexity index is 924. The summed E-state index contributed by atoms with van der Waals surface area (Å²) in [7, 11) is 0. The third-order valence-corrected chi connectivity index (χ3v) is 4.85. The number of hydrogen-bond acceptors (Lipinski definition) is 6. The highest BCUT2D eigenvalue weighted by Gasteiger charge is 2.21. The van der Waals surface area contributed by atoms with Crippen molar-refractivity contribution in [3.63, 3.8) is 0 Å². The van der Waals surface area contributed by atoms with Crippen molar-refractivity contribution in [3.05, 3.63) is 38.7 Å². The third-order valence-electron chi connectivity index (χ3n) is 4.85. The third kappa shape index (κ3) is 3.22. The number of aldehydes is 1. The lowest BCUT2D eigenvalue weighted by molar-refractivity contribution is -0.135. The van der Waals surface area contributed by atoms with Crippen molar-refractivity contribution in [2.45, 2.75) is 26.7 Å². The Morgan fingerprint density at radius 1 is 1.31 bits per heavy atom. The Morgan fingerprint density at radius 3 is 2.65 bits per heavy atom. The van der Waals surface area contributed by atoms with E-state index in [1.165, 1.54) is 0 Å². The van der Waals surface area contributed by atoms with Gasteiger partial charge in [-0.2, -0.15) is 0 Å². The van der Waals surface area contributed by atoms with Crippen molar-refractivity contribution in [2.24, 2.45) is 0 Å². The molecule has 1 aromatic heterocycles. The number of nitrogens with zero attached hydrogens (tertiary/aromatic N) is 1. The Hall–Kier alpha value is -2.67. The smallest absolute Gasteiger partial charge is 0.339 e. The first-order valence-electron chi connectivity index (χ1n) is 8.53. The van der Waals surface area contributed by atoms with Crippen molar-refractivity contribution in [1.82, 2.24) is 4.90 Å². The van der Waals surface area contributed by atoms with Crippen molar-refractivity contribution < 1.29 is 23.8 Å². The van der Waals surface area contributed by atoms with Crippen LogP contribution in [-0.4, -0.2) is 48.5 Å². The normalized spacial score (nSPS) is 14.6. The van der Waals surface area contributed by atoms with Crippen LogP contribution < -0.4 is 5.63 Å². The minimum Gasteiger partial charge on any atom is -0.507 e. The lowest BCUT2D eigenvalue weighted by Gasteiger charge is -2.26. The molecule has 0 unspecified atom stereocenters. The predicted octanol–water partition coefficient (Wildman–Crippen LogP) is 1.72. The van der Waals surface area contributed by atoms with Gasteiger partial charge in [0.05, 0.1) is 18.8 Å². The zero-order valence-electron chi connectivity index (χ0n) is 14.8. The van der Waals surface area contributed by atoms with E-state index in [1.54, 1.807) is 24.8 Å². The first-order chi connectivity index (χ1) is 12.4. The fourth-order valence-electron chi connectivity index (χ4n) is 3.28. The topological polar surface area (TPSA) is 97.0 Å². The molecule has 1 aliphatic rings. The van der Waals surface area contributed by atoms with E-state index in [2.05, 4.69) is 0 Å². The van der Waals surface area contributed by atoms with E-state index in [1.807, 2.05) is 0 Å². The maximum Gasteiger partial charge on any atom is 0.339 e. The molecule has 138 valence electrons. The molecule has 1 aliphatic heterocycles. The van der Waals surface area contributed by atoms with Crippen molar-refractivity contribution >= 4 is 23.2 Å². The fraction of sp³-hybridized carbons (Fsp3) is 0.421. The first-order valence-corrected chi connectivity index (χ1v) is 8.53. The van der Waals surface area contributed by atoms with Gasteiger partial charge in [-0.05, 0) is 37.5 Å². The van der Waals surface area contributed by atoms with Crippen LogP contribution in [0.2, 0.25) is 0 Å². The standard InChI is InChI=1S/C19H21NO6/c1-11-9-14-12(2)13(3-4-16(22)20-5-7-25-8-6-20)19(24)26-18(14)15(10-21)17(11)23/h9-10,23H,3-8H2,1-2H3. The van der Waals surface area contributed by atoms with Gasteiger partial charge in [-0.25, -0.2) is 4.79 Å². The number of fused-ring (bicyclic) bond motifs is 1. The summed E-state index contributed by atoms with van der Waals surface area (Å²) in [4.78, 5) is 37.8. The largest absolute Gasteiger partial charge is 0.507 e. The Balaban J connectivity index is 1.94. The SMILES string of the molecule is Cc1cc2c(C)c(CCC(=O)N3CCOCC3)c(=O)oc2c(C=O)c1O. The van der Waals surface area contributed by atoms with Gasteiger partial charge in [0, 0.05) is 30.5 Å². The molecule has 0 aliphatic carbocycles. The van der Waals surface area contributed by atoms with E-state index in [0.717, 1.165) is 0 Å². The molecular weight excluding hydrogens is 338 g/mol. The molecule has 26 heavy (non-hydrogen) atoms. The molecule has 0 atom stereocenters. The average Bonchev–Trinajstić information content (AvgIpc) is 2.64. The summed E-state index contributed by atoms with van der Waals surface area (Å²) in [6, 6.07) is 1.68. The van der Waals surface area contributed by atoms with Gasteiger partial charge >= 0.3 is 5.63 Å². The van der Waals surface area contributed by atoms with Crippen molar-refractivity contribution in [3.8, 4) is 5.75 Å². The summed E-state index contributed by atoms with van der Waals surface area (Å²) in [6.07, 6.45) is 0.944. The monoisotopic (exact) mass is 359 g/mol. The molecule has 1 saturated heterocycles. The van der Waals surface area contributed by atoms with E-state index < -0.39 is 5.63 Å². The minimum absolute atomic E-state index is 0.0253. The first kappa shape index (κ1) is 18.1. The van der Waals surface area contributed by atoms with Gasteiger partial charge in [-0.1, -0.05) is 0 Å². The van der Waals surface area contributed by atoms with Crippen LogP contribution in [0.15, 0.2) is 15.3 Å². The van der Waals surface area contributed by atoms with E-state index >= 15 is 0 Å². The molecule has 0 saturated carbocycles. The van der Waals surface area contributed by atoms with E-state index in [4.69, 9.17) is 9.15 Å². The Morgan fingerprint density at radius 2 is 2.00 bits per heavy atom. The van der Waals surface area contributed by atoms with Gasteiger partial charge in [-0.15, -0.1) is 0 Å². The molecule has 1 amide bonds. The van der Waals surface area contributed by atoms with E-state index in [0.29, 0.717) is 54.7 Å². The number of hydrogen-bond donors (Lipinski definition) is 1. The number of phenols is 1. The number of carbonyl (C=O) groups excluding carboxylic acids is 2. The maximum atomic E-state index is 12.4. The number of carbonyl (C=O) groups is 2. The molecule has 3 rings (SSSR count). The zero-order chi connectivity index (χ0) is 18.8. The summed E-state index contributed by atoms with van der Waals surface area (Å²) in [6.45, 7) is 5.61. The lowest BCUT2D eigenvalue weighted by atomic mass is 9.98.